The van der Waals surface area contributed by atoms with Gasteiger partial charge in [0.25, 0.3) is 5.56 Å². The van der Waals surface area contributed by atoms with E-state index in [9.17, 15) is 9.59 Å². The van der Waals surface area contributed by atoms with Crippen LogP contribution in [-0.4, -0.2) is 60.3 Å². The van der Waals surface area contributed by atoms with Gasteiger partial charge in [-0.05, 0) is 51.3 Å². The van der Waals surface area contributed by atoms with Crippen molar-refractivity contribution in [2.24, 2.45) is 13.0 Å². The summed E-state index contributed by atoms with van der Waals surface area (Å²) in [4.78, 5) is 39.2. The number of hydrogen-bond donors (Lipinski definition) is 0. The third-order valence-electron chi connectivity index (χ3n) is 7.86. The summed E-state index contributed by atoms with van der Waals surface area (Å²) in [7, 11) is 1.74. The minimum Gasteiger partial charge on any atom is -0.364 e. The number of benzene rings is 1. The van der Waals surface area contributed by atoms with Crippen molar-refractivity contribution in [3.8, 4) is 0 Å². The van der Waals surface area contributed by atoms with Gasteiger partial charge in [0.1, 0.15) is 5.52 Å². The van der Waals surface area contributed by atoms with Crippen LogP contribution in [0, 0.1) is 5.92 Å². The lowest BCUT2D eigenvalue weighted by molar-refractivity contribution is 0.0871. The summed E-state index contributed by atoms with van der Waals surface area (Å²) < 4.78 is 3.03. The zero-order chi connectivity index (χ0) is 25.1. The normalized spacial score (nSPS) is 21.8. The summed E-state index contributed by atoms with van der Waals surface area (Å²) in [5.41, 5.74) is 5.13. The molecular formula is C27H31N7O2. The Morgan fingerprint density at radius 3 is 2.53 bits per heavy atom. The molecule has 2 fully saturated rings. The van der Waals surface area contributed by atoms with Crippen LogP contribution in [0.5, 0.6) is 0 Å². The van der Waals surface area contributed by atoms with Gasteiger partial charge in [0.05, 0.1) is 28.4 Å². The number of hydrogen-bond acceptors (Lipinski definition) is 7. The molecule has 9 nitrogen and oxygen atoms in total. The number of carbonyl (C=O) groups excluding carboxylic acids is 1. The molecule has 9 heteroatoms. The van der Waals surface area contributed by atoms with Crippen LogP contribution in [0.25, 0.3) is 22.1 Å². The second-order valence-corrected chi connectivity index (χ2v) is 10.4. The molecule has 0 amide bonds. The Balaban J connectivity index is 1.31. The van der Waals surface area contributed by atoms with Gasteiger partial charge in [-0.25, -0.2) is 4.68 Å². The highest BCUT2D eigenvalue weighted by Gasteiger charge is 2.35. The van der Waals surface area contributed by atoms with Crippen LogP contribution in [-0.2, 0) is 7.05 Å². The van der Waals surface area contributed by atoms with Gasteiger partial charge in [-0.2, -0.15) is 5.10 Å². The molecule has 4 heterocycles. The van der Waals surface area contributed by atoms with Crippen LogP contribution in [0.1, 0.15) is 50.0 Å². The highest BCUT2D eigenvalue weighted by Crippen LogP contribution is 2.34. The second-order valence-electron chi connectivity index (χ2n) is 10.4. The van der Waals surface area contributed by atoms with Gasteiger partial charge in [0.2, 0.25) is 5.91 Å². The lowest BCUT2D eigenvalue weighted by Gasteiger charge is -2.47. The highest BCUT2D eigenvalue weighted by atomic mass is 16.2. The third-order valence-corrected chi connectivity index (χ3v) is 7.86. The Kier molecular flexibility index (Phi) is 5.40. The molecule has 0 spiro atoms. The Labute approximate surface area is 209 Å². The van der Waals surface area contributed by atoms with Crippen molar-refractivity contribution in [1.29, 1.82) is 0 Å². The monoisotopic (exact) mass is 485 g/mol. The van der Waals surface area contributed by atoms with Crippen LogP contribution in [0.2, 0.25) is 0 Å². The second kappa shape index (κ2) is 8.51. The first-order valence-electron chi connectivity index (χ1n) is 12.7. The summed E-state index contributed by atoms with van der Waals surface area (Å²) >= 11 is 0. The van der Waals surface area contributed by atoms with Gasteiger partial charge in [0, 0.05) is 62.6 Å². The molecule has 36 heavy (non-hydrogen) atoms. The van der Waals surface area contributed by atoms with Gasteiger partial charge < -0.3 is 9.47 Å². The fraction of sp³-hybridized carbons (Fsp3) is 0.444. The van der Waals surface area contributed by atoms with Crippen LogP contribution in [0.15, 0.2) is 47.7 Å². The van der Waals surface area contributed by atoms with E-state index in [1.165, 1.54) is 10.2 Å². The van der Waals surface area contributed by atoms with E-state index in [2.05, 4.69) is 57.8 Å². The van der Waals surface area contributed by atoms with Crippen LogP contribution in [0.4, 0.5) is 5.69 Å². The third kappa shape index (κ3) is 3.78. The van der Waals surface area contributed by atoms with E-state index in [-0.39, 0.29) is 35.5 Å². The van der Waals surface area contributed by atoms with E-state index in [4.69, 9.17) is 0 Å². The van der Waals surface area contributed by atoms with E-state index in [1.54, 1.807) is 36.3 Å². The maximum Gasteiger partial charge on any atom is 0.252 e. The minimum absolute atomic E-state index is 0.0183. The summed E-state index contributed by atoms with van der Waals surface area (Å²) in [6.45, 7) is 8.23. The molecule has 4 aromatic rings. The maximum absolute atomic E-state index is 12.9. The van der Waals surface area contributed by atoms with Gasteiger partial charge in [-0.15, -0.1) is 0 Å². The van der Waals surface area contributed by atoms with Crippen LogP contribution in [0.3, 0.4) is 0 Å². The zero-order valence-electron chi connectivity index (χ0n) is 21.1. The minimum atomic E-state index is -0.0937. The van der Waals surface area contributed by atoms with Crippen molar-refractivity contribution < 1.29 is 4.79 Å². The SMILES string of the molecule is CC(c1ccc2nccnc2c1)N1C[C@H](C)N(c2cc(=O)n(C)c3cn(C(=O)C4CC4)nc23)C[C@H]1C. The molecule has 1 unspecified atom stereocenters. The lowest BCUT2D eigenvalue weighted by Crippen LogP contribution is -2.57. The fourth-order valence-electron chi connectivity index (χ4n) is 5.50. The average molecular weight is 486 g/mol. The van der Waals surface area contributed by atoms with E-state index < -0.39 is 0 Å². The smallest absolute Gasteiger partial charge is 0.252 e. The number of piperazine rings is 1. The van der Waals surface area contributed by atoms with Crippen LogP contribution < -0.4 is 10.5 Å². The fourth-order valence-corrected chi connectivity index (χ4v) is 5.50. The van der Waals surface area contributed by atoms with Crippen molar-refractivity contribution in [1.82, 2.24) is 29.2 Å². The van der Waals surface area contributed by atoms with Gasteiger partial charge in [-0.3, -0.25) is 24.5 Å². The standard InChI is InChI=1S/C27H31N7O2/c1-16-14-33(17(2)13-32(16)18(3)20-7-8-21-22(11-20)29-10-9-28-21)23-12-25(35)31(4)24-15-34(30-26(23)24)27(36)19-5-6-19/h7-12,15-19H,5-6,13-14H2,1-4H3/t16-,17+,18?/m1/s1. The number of aromatic nitrogens is 5. The largest absolute Gasteiger partial charge is 0.364 e. The summed E-state index contributed by atoms with van der Waals surface area (Å²) in [6, 6.07) is 8.57. The Bertz CT molecular complexity index is 1540. The number of rotatable bonds is 4. The highest BCUT2D eigenvalue weighted by molar-refractivity contribution is 5.92. The molecule has 2 aliphatic rings. The predicted octanol–water partition coefficient (Wildman–Crippen LogP) is 3.39. The number of pyridine rings is 1. The zero-order valence-corrected chi connectivity index (χ0v) is 21.1. The topological polar surface area (TPSA) is 89.2 Å². The molecule has 3 aromatic heterocycles. The van der Waals surface area contributed by atoms with Gasteiger partial charge >= 0.3 is 0 Å². The molecule has 0 radical (unpaired) electrons. The molecule has 0 bridgehead atoms. The van der Waals surface area contributed by atoms with Gasteiger partial charge in [-0.1, -0.05) is 6.07 Å². The predicted molar refractivity (Wildman–Crippen MR) is 139 cm³/mol. The summed E-state index contributed by atoms with van der Waals surface area (Å²) in [5.74, 6) is 0.0783. The van der Waals surface area contributed by atoms with Crippen molar-refractivity contribution in [2.45, 2.75) is 51.7 Å². The first kappa shape index (κ1) is 22.8. The number of anilines is 1. The molecule has 6 rings (SSSR count). The molecule has 1 saturated heterocycles. The van der Waals surface area contributed by atoms with Crippen molar-refractivity contribution in [3.05, 3.63) is 58.8 Å². The molecule has 0 N–H and O–H groups in total. The molecule has 186 valence electrons. The molecular weight excluding hydrogens is 454 g/mol. The van der Waals surface area contributed by atoms with E-state index in [0.717, 1.165) is 42.7 Å². The van der Waals surface area contributed by atoms with Crippen molar-refractivity contribution in [3.63, 3.8) is 0 Å². The number of aryl methyl sites for hydroxylation is 1. The summed E-state index contributed by atoms with van der Waals surface area (Å²) in [5, 5.41) is 4.68. The Hall–Kier alpha value is -3.59. The van der Waals surface area contributed by atoms with Crippen molar-refractivity contribution in [2.75, 3.05) is 18.0 Å². The first-order chi connectivity index (χ1) is 17.3. The maximum atomic E-state index is 12.9. The number of fused-ring (bicyclic) bond motifs is 2. The Morgan fingerprint density at radius 2 is 1.78 bits per heavy atom. The van der Waals surface area contributed by atoms with Gasteiger partial charge in [0.15, 0.2) is 0 Å². The number of nitrogens with zero attached hydrogens (tertiary/aromatic N) is 7. The molecule has 1 aromatic carbocycles. The summed E-state index contributed by atoms with van der Waals surface area (Å²) in [6.07, 6.45) is 6.99. The van der Waals surface area contributed by atoms with Crippen LogP contribution >= 0.6 is 0 Å². The lowest BCUT2D eigenvalue weighted by atomic mass is 10.00. The molecule has 1 aliphatic heterocycles. The first-order valence-corrected chi connectivity index (χ1v) is 12.7. The quantitative estimate of drug-likeness (QED) is 0.438. The van der Waals surface area contributed by atoms with E-state index in [0.29, 0.717) is 11.0 Å². The molecule has 3 atom stereocenters. The number of carbonyl (C=O) groups is 1. The molecule has 1 saturated carbocycles. The van der Waals surface area contributed by atoms with E-state index in [1.807, 2.05) is 6.07 Å². The molecule has 1 aliphatic carbocycles. The van der Waals surface area contributed by atoms with Crippen molar-refractivity contribution >= 4 is 33.7 Å². The Morgan fingerprint density at radius 1 is 1.03 bits per heavy atom. The average Bonchev–Trinajstić information content (AvgIpc) is 3.64. The van der Waals surface area contributed by atoms with E-state index >= 15 is 0 Å².